The maximum Gasteiger partial charge on any atom is 0.407 e. The van der Waals surface area contributed by atoms with Gasteiger partial charge < -0.3 is 19.6 Å². The Bertz CT molecular complexity index is 1460. The predicted octanol–water partition coefficient (Wildman–Crippen LogP) is 4.41. The molecule has 0 spiro atoms. The van der Waals surface area contributed by atoms with Gasteiger partial charge in [-0.15, -0.1) is 0 Å². The first kappa shape index (κ1) is 27.0. The summed E-state index contributed by atoms with van der Waals surface area (Å²) >= 11 is 0. The molecule has 3 aromatic rings. The van der Waals surface area contributed by atoms with Gasteiger partial charge in [-0.05, 0) is 56.8 Å². The lowest BCUT2D eigenvalue weighted by Gasteiger charge is -2.49. The molecular weight excluding hydrogens is 516 g/mol. The number of hydrogen-bond acceptors (Lipinski definition) is 7. The van der Waals surface area contributed by atoms with Crippen molar-refractivity contribution in [1.29, 1.82) is 5.26 Å². The van der Waals surface area contributed by atoms with E-state index >= 15 is 0 Å². The predicted molar refractivity (Wildman–Crippen MR) is 156 cm³/mol. The van der Waals surface area contributed by atoms with Gasteiger partial charge in [-0.3, -0.25) is 4.90 Å². The van der Waals surface area contributed by atoms with Crippen LogP contribution < -0.4 is 9.64 Å². The number of piperazine rings is 1. The van der Waals surface area contributed by atoms with Gasteiger partial charge in [0.15, 0.2) is 0 Å². The Balaban J connectivity index is 1.40. The van der Waals surface area contributed by atoms with E-state index in [4.69, 9.17) is 14.7 Å². The topological polar surface area (TPSA) is 106 Å². The zero-order valence-corrected chi connectivity index (χ0v) is 23.5. The molecule has 41 heavy (non-hydrogen) atoms. The summed E-state index contributed by atoms with van der Waals surface area (Å²) in [6.07, 6.45) is 3.44. The Kier molecular flexibility index (Phi) is 7.50. The van der Waals surface area contributed by atoms with Gasteiger partial charge in [-0.25, -0.2) is 4.79 Å². The van der Waals surface area contributed by atoms with E-state index in [-0.39, 0.29) is 13.0 Å². The highest BCUT2D eigenvalue weighted by Crippen LogP contribution is 2.40. The molecule has 9 heteroatoms. The van der Waals surface area contributed by atoms with Crippen LogP contribution in [0.2, 0.25) is 0 Å². The Hall–Kier alpha value is -4.16. The fourth-order valence-electron chi connectivity index (χ4n) is 6.77. The summed E-state index contributed by atoms with van der Waals surface area (Å²) in [6.45, 7) is 2.70. The SMILES string of the molecule is CN1CCC[C@H]1COc1nc2c(c(N3CCN(C(=O)O)[C@](CC#N)(Cc4ccccc4)C3)n1)CCc1ccccc1-2. The molecule has 2 fully saturated rings. The van der Waals surface area contributed by atoms with Crippen molar-refractivity contribution in [1.82, 2.24) is 19.8 Å². The van der Waals surface area contributed by atoms with E-state index in [1.54, 1.807) is 0 Å². The van der Waals surface area contributed by atoms with Crippen LogP contribution in [-0.4, -0.2) is 82.4 Å². The van der Waals surface area contributed by atoms with Crippen molar-refractivity contribution >= 4 is 11.9 Å². The van der Waals surface area contributed by atoms with Crippen LogP contribution in [-0.2, 0) is 19.3 Å². The number of amides is 1. The summed E-state index contributed by atoms with van der Waals surface area (Å²) in [5, 5.41) is 20.1. The van der Waals surface area contributed by atoms with Crippen molar-refractivity contribution in [3.05, 3.63) is 71.3 Å². The summed E-state index contributed by atoms with van der Waals surface area (Å²) in [7, 11) is 2.12. The molecule has 212 valence electrons. The molecular formula is C32H36N6O3. The molecule has 9 nitrogen and oxygen atoms in total. The number of rotatable bonds is 7. The summed E-state index contributed by atoms with van der Waals surface area (Å²) in [5.41, 5.74) is 4.38. The molecule has 0 radical (unpaired) electrons. The van der Waals surface area contributed by atoms with Crippen molar-refractivity contribution in [2.45, 2.75) is 50.1 Å². The Morgan fingerprint density at radius 3 is 2.66 bits per heavy atom. The van der Waals surface area contributed by atoms with Crippen LogP contribution in [0, 0.1) is 11.3 Å². The third kappa shape index (κ3) is 5.32. The third-order valence-corrected chi connectivity index (χ3v) is 8.92. The number of carboxylic acid groups (broad SMARTS) is 1. The molecule has 1 aliphatic carbocycles. The number of carbonyl (C=O) groups is 1. The normalized spacial score (nSPS) is 22.1. The molecule has 0 bridgehead atoms. The lowest BCUT2D eigenvalue weighted by molar-refractivity contribution is 0.0668. The van der Waals surface area contributed by atoms with Crippen molar-refractivity contribution in [3.63, 3.8) is 0 Å². The number of benzene rings is 2. The van der Waals surface area contributed by atoms with Crippen LogP contribution in [0.5, 0.6) is 6.01 Å². The number of likely N-dealkylation sites (N-methyl/N-ethyl adjacent to an activating group) is 1. The molecule has 3 heterocycles. The summed E-state index contributed by atoms with van der Waals surface area (Å²) < 4.78 is 6.28. The number of anilines is 1. The molecule has 2 aliphatic heterocycles. The molecule has 1 N–H and O–H groups in total. The lowest BCUT2D eigenvalue weighted by atomic mass is 9.83. The fourth-order valence-corrected chi connectivity index (χ4v) is 6.77. The number of likely N-dealkylation sites (tertiary alicyclic amines) is 1. The zero-order chi connectivity index (χ0) is 28.4. The summed E-state index contributed by atoms with van der Waals surface area (Å²) in [4.78, 5) is 28.4. The van der Waals surface area contributed by atoms with Crippen molar-refractivity contribution in [2.75, 3.05) is 44.7 Å². The number of ether oxygens (including phenoxy) is 1. The Labute approximate surface area is 241 Å². The first-order chi connectivity index (χ1) is 20.0. The minimum absolute atomic E-state index is 0.0815. The highest BCUT2D eigenvalue weighted by Gasteiger charge is 2.45. The highest BCUT2D eigenvalue weighted by atomic mass is 16.5. The lowest BCUT2D eigenvalue weighted by Crippen LogP contribution is -2.65. The van der Waals surface area contributed by atoms with Crippen LogP contribution in [0.25, 0.3) is 11.3 Å². The number of hydrogen-bond donors (Lipinski definition) is 1. The number of aryl methyl sites for hydroxylation is 1. The average molecular weight is 553 g/mol. The zero-order valence-electron chi connectivity index (χ0n) is 23.5. The summed E-state index contributed by atoms with van der Waals surface area (Å²) in [6, 6.07) is 21.2. The maximum atomic E-state index is 12.5. The molecule has 0 saturated carbocycles. The van der Waals surface area contributed by atoms with Crippen molar-refractivity contribution < 1.29 is 14.6 Å². The second-order valence-electron chi connectivity index (χ2n) is 11.5. The van der Waals surface area contributed by atoms with Crippen LogP contribution in [0.4, 0.5) is 10.6 Å². The monoisotopic (exact) mass is 552 g/mol. The quantitative estimate of drug-likeness (QED) is 0.460. The Morgan fingerprint density at radius 2 is 1.90 bits per heavy atom. The molecule has 3 aliphatic rings. The van der Waals surface area contributed by atoms with Gasteiger partial charge in [0.2, 0.25) is 0 Å². The van der Waals surface area contributed by atoms with Crippen molar-refractivity contribution in [3.8, 4) is 23.3 Å². The minimum atomic E-state index is -1.00. The standard InChI is InChI=1S/C32H36N6O3/c1-36-17-7-11-25(36)21-41-30-34-28-26-12-6-5-10-24(26)13-14-27(28)29(35-30)37-18-19-38(31(39)40)32(22-37,15-16-33)20-23-8-3-2-4-9-23/h2-6,8-10,12,25H,7,11,13-15,17-22H2,1H3,(H,39,40)/t25-,32+/m0/s1. The fraction of sp³-hybridized carbons (Fsp3) is 0.438. The van der Waals surface area contributed by atoms with E-state index in [0.29, 0.717) is 38.2 Å². The number of aromatic nitrogens is 2. The van der Waals surface area contributed by atoms with E-state index in [1.165, 1.54) is 10.5 Å². The molecule has 2 atom stereocenters. The summed E-state index contributed by atoms with van der Waals surface area (Å²) in [5.74, 6) is 0.791. The second kappa shape index (κ2) is 11.4. The van der Waals surface area contributed by atoms with E-state index < -0.39 is 11.6 Å². The first-order valence-electron chi connectivity index (χ1n) is 14.5. The number of nitrogens with zero attached hydrogens (tertiary/aromatic N) is 6. The van der Waals surface area contributed by atoms with E-state index in [2.05, 4.69) is 41.1 Å². The maximum absolute atomic E-state index is 12.5. The van der Waals surface area contributed by atoms with Gasteiger partial charge in [0.25, 0.3) is 0 Å². The van der Waals surface area contributed by atoms with Crippen LogP contribution >= 0.6 is 0 Å². The van der Waals surface area contributed by atoms with Gasteiger partial charge in [-0.1, -0.05) is 54.6 Å². The minimum Gasteiger partial charge on any atom is -0.465 e. The van der Waals surface area contributed by atoms with Gasteiger partial charge in [0, 0.05) is 36.8 Å². The highest BCUT2D eigenvalue weighted by molar-refractivity contribution is 5.75. The van der Waals surface area contributed by atoms with E-state index in [0.717, 1.165) is 60.4 Å². The number of nitriles is 1. The molecule has 2 aromatic carbocycles. The van der Waals surface area contributed by atoms with Crippen LogP contribution in [0.15, 0.2) is 54.6 Å². The second-order valence-corrected chi connectivity index (χ2v) is 11.5. The van der Waals surface area contributed by atoms with E-state index in [9.17, 15) is 15.2 Å². The van der Waals surface area contributed by atoms with Crippen molar-refractivity contribution in [2.24, 2.45) is 0 Å². The smallest absolute Gasteiger partial charge is 0.407 e. The van der Waals surface area contributed by atoms with Gasteiger partial charge in [0.05, 0.1) is 23.7 Å². The molecule has 1 amide bonds. The molecule has 0 unspecified atom stereocenters. The van der Waals surface area contributed by atoms with Gasteiger partial charge >= 0.3 is 12.1 Å². The third-order valence-electron chi connectivity index (χ3n) is 8.92. The average Bonchev–Trinajstić information content (AvgIpc) is 3.40. The molecule has 1 aromatic heterocycles. The Morgan fingerprint density at radius 1 is 1.10 bits per heavy atom. The van der Waals surface area contributed by atoms with Crippen LogP contribution in [0.1, 0.15) is 36.0 Å². The van der Waals surface area contributed by atoms with Gasteiger partial charge in [-0.2, -0.15) is 15.2 Å². The number of fused-ring (bicyclic) bond motifs is 3. The molecule has 6 rings (SSSR count). The first-order valence-corrected chi connectivity index (χ1v) is 14.5. The molecule has 2 saturated heterocycles. The van der Waals surface area contributed by atoms with Crippen LogP contribution in [0.3, 0.4) is 0 Å². The van der Waals surface area contributed by atoms with Gasteiger partial charge in [0.1, 0.15) is 12.4 Å². The largest absolute Gasteiger partial charge is 0.465 e. The van der Waals surface area contributed by atoms with E-state index in [1.807, 2.05) is 36.4 Å².